The van der Waals surface area contributed by atoms with Crippen LogP contribution in [-0.2, 0) is 4.79 Å². The molecule has 0 fully saturated rings. The fraction of sp³-hybridized carbons (Fsp3) is 0.717. The largest absolute Gasteiger partial charge is 0.394 e. The second kappa shape index (κ2) is 47.9. The van der Waals surface area contributed by atoms with E-state index in [0.29, 0.717) is 6.42 Å². The summed E-state index contributed by atoms with van der Waals surface area (Å²) in [5.41, 5.74) is 0. The Bertz CT molecular complexity index is 1030. The lowest BCUT2D eigenvalue weighted by Crippen LogP contribution is -2.45. The molecule has 0 rings (SSSR count). The number of unbranched alkanes of at least 4 members (excludes halogenated alkanes) is 24. The highest BCUT2D eigenvalue weighted by atomic mass is 16.3. The van der Waals surface area contributed by atoms with Crippen LogP contribution in [0.1, 0.15) is 226 Å². The van der Waals surface area contributed by atoms with E-state index < -0.39 is 12.1 Å². The van der Waals surface area contributed by atoms with E-state index >= 15 is 0 Å². The fourth-order valence-electron chi connectivity index (χ4n) is 6.91. The highest BCUT2D eigenvalue weighted by molar-refractivity contribution is 5.76. The van der Waals surface area contributed by atoms with Gasteiger partial charge in [-0.3, -0.25) is 4.79 Å². The molecule has 0 spiro atoms. The van der Waals surface area contributed by atoms with Crippen molar-refractivity contribution in [2.75, 3.05) is 6.61 Å². The first-order valence-electron chi connectivity index (χ1n) is 24.3. The quantitative estimate of drug-likeness (QED) is 0.0425. The highest BCUT2D eigenvalue weighted by Crippen LogP contribution is 2.15. The molecule has 0 saturated carbocycles. The monoisotopic (exact) mass is 792 g/mol. The van der Waals surface area contributed by atoms with Crippen LogP contribution >= 0.6 is 0 Å². The summed E-state index contributed by atoms with van der Waals surface area (Å²) in [6.07, 6.45) is 70.0. The summed E-state index contributed by atoms with van der Waals surface area (Å²) in [7, 11) is 0. The summed E-state index contributed by atoms with van der Waals surface area (Å²) in [5, 5.41) is 23.0. The topological polar surface area (TPSA) is 69.6 Å². The normalized spacial score (nSPS) is 13.7. The first-order chi connectivity index (χ1) is 28.2. The van der Waals surface area contributed by atoms with Gasteiger partial charge in [-0.2, -0.15) is 0 Å². The van der Waals surface area contributed by atoms with E-state index in [1.165, 1.54) is 141 Å². The van der Waals surface area contributed by atoms with Crippen molar-refractivity contribution in [3.63, 3.8) is 0 Å². The Hall–Kier alpha value is -2.43. The Balaban J connectivity index is 3.56. The lowest BCUT2D eigenvalue weighted by atomic mass is 10.0. The van der Waals surface area contributed by atoms with Crippen LogP contribution in [-0.4, -0.2) is 34.9 Å². The Labute approximate surface area is 354 Å². The molecule has 0 aliphatic rings. The van der Waals surface area contributed by atoms with Gasteiger partial charge >= 0.3 is 0 Å². The van der Waals surface area contributed by atoms with Crippen molar-refractivity contribution in [2.45, 2.75) is 238 Å². The number of amides is 1. The number of nitrogens with one attached hydrogen (secondary N) is 1. The van der Waals surface area contributed by atoms with Gasteiger partial charge in [-0.25, -0.2) is 0 Å². The van der Waals surface area contributed by atoms with Crippen LogP contribution in [0.25, 0.3) is 0 Å². The molecule has 0 aliphatic heterocycles. The van der Waals surface area contributed by atoms with Gasteiger partial charge in [0, 0.05) is 6.42 Å². The van der Waals surface area contributed by atoms with E-state index in [1.807, 2.05) is 6.08 Å². The maximum atomic E-state index is 12.4. The number of carbonyl (C=O) groups is 1. The van der Waals surface area contributed by atoms with E-state index in [-0.39, 0.29) is 12.5 Å². The Morgan fingerprint density at radius 3 is 1.23 bits per heavy atom. The SMILES string of the molecule is CC/C=C\C/C=C\C/C=C\C/C=C\CCCCCCCCCCCCCCCCCCC(=O)NC(CO)C(O)/C=C/CC/C=C/CC/C=C/CCCCCCCC. The van der Waals surface area contributed by atoms with Gasteiger partial charge in [0.1, 0.15) is 0 Å². The maximum Gasteiger partial charge on any atom is 0.220 e. The van der Waals surface area contributed by atoms with Crippen molar-refractivity contribution in [1.82, 2.24) is 5.32 Å². The molecule has 0 aromatic carbocycles. The van der Waals surface area contributed by atoms with Crippen LogP contribution in [0, 0.1) is 0 Å². The van der Waals surface area contributed by atoms with Crippen LogP contribution in [0.3, 0.4) is 0 Å². The standard InChI is InChI=1S/C53H93NO3/c1-3-5-7-9-11-13-15-17-19-21-22-23-24-25-26-27-28-29-30-31-32-33-35-37-39-41-43-45-47-49-53(57)54-51(50-55)52(56)48-46-44-42-40-38-36-34-20-18-16-14-12-10-8-6-4-2/h5,7,11,13,17-20,22-23,38,40,46,48,51-52,55-56H,3-4,6,8-10,12,14-16,21,24-37,39,41-45,47,49-50H2,1-2H3,(H,54,57)/b7-5-,13-11-,19-17-,20-18+,23-22-,40-38+,48-46+. The van der Waals surface area contributed by atoms with E-state index in [0.717, 1.165) is 64.2 Å². The molecule has 4 heteroatoms. The van der Waals surface area contributed by atoms with Gasteiger partial charge < -0.3 is 15.5 Å². The zero-order chi connectivity index (χ0) is 41.4. The summed E-state index contributed by atoms with van der Waals surface area (Å²) in [6.45, 7) is 4.17. The predicted molar refractivity (Wildman–Crippen MR) is 253 cm³/mol. The lowest BCUT2D eigenvalue weighted by molar-refractivity contribution is -0.123. The second-order valence-electron chi connectivity index (χ2n) is 16.1. The average molecular weight is 792 g/mol. The molecule has 0 heterocycles. The summed E-state index contributed by atoms with van der Waals surface area (Å²) in [6, 6.07) is -0.648. The van der Waals surface area contributed by atoms with Gasteiger partial charge in [-0.15, -0.1) is 0 Å². The van der Waals surface area contributed by atoms with E-state index in [9.17, 15) is 15.0 Å². The summed E-state index contributed by atoms with van der Waals surface area (Å²) in [5.74, 6) is -0.0804. The van der Waals surface area contributed by atoms with Gasteiger partial charge in [0.2, 0.25) is 5.91 Å². The summed E-state index contributed by atoms with van der Waals surface area (Å²) < 4.78 is 0. The zero-order valence-corrected chi connectivity index (χ0v) is 37.6. The molecule has 0 radical (unpaired) electrons. The van der Waals surface area contributed by atoms with E-state index in [2.05, 4.69) is 92.1 Å². The molecule has 0 aliphatic carbocycles. The van der Waals surface area contributed by atoms with E-state index in [4.69, 9.17) is 0 Å². The molecule has 1 amide bonds. The lowest BCUT2D eigenvalue weighted by Gasteiger charge is -2.19. The Morgan fingerprint density at radius 1 is 0.439 bits per heavy atom. The van der Waals surface area contributed by atoms with Crippen LogP contribution in [0.5, 0.6) is 0 Å². The molecule has 328 valence electrons. The minimum absolute atomic E-state index is 0.0804. The van der Waals surface area contributed by atoms with Gasteiger partial charge in [-0.1, -0.05) is 221 Å². The van der Waals surface area contributed by atoms with Crippen molar-refractivity contribution in [2.24, 2.45) is 0 Å². The van der Waals surface area contributed by atoms with Gasteiger partial charge in [0.05, 0.1) is 18.8 Å². The fourth-order valence-corrected chi connectivity index (χ4v) is 6.91. The summed E-state index contributed by atoms with van der Waals surface area (Å²) in [4.78, 5) is 12.4. The van der Waals surface area contributed by atoms with Gasteiger partial charge in [0.15, 0.2) is 0 Å². The molecule has 2 atom stereocenters. The molecule has 0 bridgehead atoms. The zero-order valence-electron chi connectivity index (χ0n) is 37.6. The Morgan fingerprint density at radius 2 is 0.789 bits per heavy atom. The molecule has 57 heavy (non-hydrogen) atoms. The van der Waals surface area contributed by atoms with Crippen LogP contribution < -0.4 is 5.32 Å². The minimum Gasteiger partial charge on any atom is -0.394 e. The van der Waals surface area contributed by atoms with Crippen molar-refractivity contribution in [3.8, 4) is 0 Å². The maximum absolute atomic E-state index is 12.4. The number of aliphatic hydroxyl groups is 2. The van der Waals surface area contributed by atoms with Crippen LogP contribution in [0.4, 0.5) is 0 Å². The van der Waals surface area contributed by atoms with Gasteiger partial charge in [-0.05, 0) is 83.5 Å². The first-order valence-corrected chi connectivity index (χ1v) is 24.3. The number of rotatable bonds is 43. The second-order valence-corrected chi connectivity index (χ2v) is 16.1. The first kappa shape index (κ1) is 54.6. The summed E-state index contributed by atoms with van der Waals surface area (Å²) >= 11 is 0. The number of hydrogen-bond acceptors (Lipinski definition) is 3. The van der Waals surface area contributed by atoms with Crippen molar-refractivity contribution < 1.29 is 15.0 Å². The molecular formula is C53H93NO3. The number of hydrogen-bond donors (Lipinski definition) is 3. The third kappa shape index (κ3) is 44.5. The minimum atomic E-state index is -0.873. The molecule has 3 N–H and O–H groups in total. The average Bonchev–Trinajstić information content (AvgIpc) is 3.22. The third-order valence-corrected chi connectivity index (χ3v) is 10.6. The molecule has 0 aromatic heterocycles. The van der Waals surface area contributed by atoms with Crippen molar-refractivity contribution >= 4 is 5.91 Å². The molecule has 2 unspecified atom stereocenters. The molecule has 4 nitrogen and oxygen atoms in total. The smallest absolute Gasteiger partial charge is 0.220 e. The molecule has 0 aromatic rings. The van der Waals surface area contributed by atoms with Crippen molar-refractivity contribution in [3.05, 3.63) is 85.1 Å². The predicted octanol–water partition coefficient (Wildman–Crippen LogP) is 15.6. The van der Waals surface area contributed by atoms with Crippen LogP contribution in [0.15, 0.2) is 85.1 Å². The van der Waals surface area contributed by atoms with E-state index in [1.54, 1.807) is 6.08 Å². The van der Waals surface area contributed by atoms with Crippen LogP contribution in [0.2, 0.25) is 0 Å². The Kier molecular flexibility index (Phi) is 45.9. The number of carbonyl (C=O) groups excluding carboxylic acids is 1. The number of allylic oxidation sites excluding steroid dienone is 13. The third-order valence-electron chi connectivity index (χ3n) is 10.6. The molecular weight excluding hydrogens is 699 g/mol. The number of aliphatic hydroxyl groups excluding tert-OH is 2. The highest BCUT2D eigenvalue weighted by Gasteiger charge is 2.17. The van der Waals surface area contributed by atoms with Gasteiger partial charge in [0.25, 0.3) is 0 Å². The molecule has 0 saturated heterocycles. The van der Waals surface area contributed by atoms with Crippen molar-refractivity contribution in [1.29, 1.82) is 0 Å².